The van der Waals surface area contributed by atoms with Crippen LogP contribution in [0.25, 0.3) is 10.9 Å². The molecule has 1 aromatic carbocycles. The van der Waals surface area contributed by atoms with E-state index in [0.29, 0.717) is 17.4 Å². The molecule has 0 aliphatic heterocycles. The molecule has 5 nitrogen and oxygen atoms in total. The number of fused-ring (bicyclic) bond motifs is 1. The SMILES string of the molecule is C[C@@H]1CCC(c2cc(=O)c3c(C(N)=O)nccc3[nH]2)[C@H](c2ccc(F)cc2C2CCC2)C1. The minimum absolute atomic E-state index is 0.00470. The van der Waals surface area contributed by atoms with Gasteiger partial charge in [-0.05, 0) is 72.8 Å². The van der Waals surface area contributed by atoms with E-state index < -0.39 is 5.91 Å². The molecule has 2 aliphatic rings. The highest BCUT2D eigenvalue weighted by Crippen LogP contribution is 2.49. The van der Waals surface area contributed by atoms with E-state index in [1.165, 1.54) is 18.2 Å². The van der Waals surface area contributed by atoms with Gasteiger partial charge in [0.2, 0.25) is 0 Å². The Hall–Kier alpha value is -3.02. The van der Waals surface area contributed by atoms with Gasteiger partial charge in [0.15, 0.2) is 5.43 Å². The van der Waals surface area contributed by atoms with Crippen LogP contribution in [0.1, 0.15) is 90.5 Å². The normalized spacial score (nSPS) is 23.8. The summed E-state index contributed by atoms with van der Waals surface area (Å²) in [5.41, 5.74) is 8.99. The van der Waals surface area contributed by atoms with Crippen LogP contribution in [-0.2, 0) is 0 Å². The van der Waals surface area contributed by atoms with Crippen LogP contribution in [0.15, 0.2) is 41.3 Å². The van der Waals surface area contributed by atoms with Crippen LogP contribution in [0.2, 0.25) is 0 Å². The standard InChI is InChI=1S/C26H28FN3O2/c1-14-5-7-18(20(11-14)17-8-6-16(27)12-19(17)15-3-2-4-15)22-13-23(31)24-21(30-22)9-10-29-25(24)26(28)32/h6,8-10,12-15,18,20H,2-5,7,11H2,1H3,(H2,28,32)(H,30,31)/t14-,18?,20+/m1/s1. The number of primary amides is 1. The topological polar surface area (TPSA) is 88.8 Å². The Bertz CT molecular complexity index is 1250. The van der Waals surface area contributed by atoms with Crippen molar-refractivity contribution in [1.82, 2.24) is 9.97 Å². The molecule has 3 aromatic rings. The lowest BCUT2D eigenvalue weighted by atomic mass is 9.67. The molecule has 2 fully saturated rings. The highest BCUT2D eigenvalue weighted by Gasteiger charge is 2.35. The maximum atomic E-state index is 14.2. The van der Waals surface area contributed by atoms with Crippen LogP contribution >= 0.6 is 0 Å². The molecule has 32 heavy (non-hydrogen) atoms. The zero-order valence-corrected chi connectivity index (χ0v) is 18.2. The molecule has 0 radical (unpaired) electrons. The highest BCUT2D eigenvalue weighted by molar-refractivity contribution is 6.03. The van der Waals surface area contributed by atoms with Gasteiger partial charge in [-0.2, -0.15) is 0 Å². The number of rotatable bonds is 4. The van der Waals surface area contributed by atoms with Crippen molar-refractivity contribution >= 4 is 16.8 Å². The molecule has 2 aliphatic carbocycles. The van der Waals surface area contributed by atoms with Crippen molar-refractivity contribution in [1.29, 1.82) is 0 Å². The fourth-order valence-corrected chi connectivity index (χ4v) is 5.66. The first kappa shape index (κ1) is 20.9. The van der Waals surface area contributed by atoms with Crippen molar-refractivity contribution in [3.05, 3.63) is 75.1 Å². The molecule has 2 heterocycles. The van der Waals surface area contributed by atoms with Gasteiger partial charge in [0, 0.05) is 23.9 Å². The van der Waals surface area contributed by atoms with Gasteiger partial charge >= 0.3 is 0 Å². The molecule has 1 amide bonds. The van der Waals surface area contributed by atoms with E-state index in [9.17, 15) is 14.0 Å². The van der Waals surface area contributed by atoms with Crippen LogP contribution in [-0.4, -0.2) is 15.9 Å². The van der Waals surface area contributed by atoms with E-state index >= 15 is 0 Å². The molecule has 2 aromatic heterocycles. The Balaban J connectivity index is 1.62. The lowest BCUT2D eigenvalue weighted by Crippen LogP contribution is -2.25. The van der Waals surface area contributed by atoms with Crippen molar-refractivity contribution < 1.29 is 9.18 Å². The third-order valence-corrected chi connectivity index (χ3v) is 7.50. The summed E-state index contributed by atoms with van der Waals surface area (Å²) in [6, 6.07) is 8.58. The molecule has 1 unspecified atom stereocenters. The summed E-state index contributed by atoms with van der Waals surface area (Å²) in [5, 5.41) is 0.237. The summed E-state index contributed by atoms with van der Waals surface area (Å²) >= 11 is 0. The number of nitrogens with two attached hydrogens (primary N) is 1. The Morgan fingerprint density at radius 2 is 1.91 bits per heavy atom. The van der Waals surface area contributed by atoms with Crippen LogP contribution in [0.4, 0.5) is 4.39 Å². The number of benzene rings is 1. The number of H-pyrrole nitrogens is 1. The fourth-order valence-electron chi connectivity index (χ4n) is 5.66. The van der Waals surface area contributed by atoms with Crippen LogP contribution in [0.5, 0.6) is 0 Å². The Labute approximate surface area is 186 Å². The third-order valence-electron chi connectivity index (χ3n) is 7.50. The Morgan fingerprint density at radius 3 is 2.62 bits per heavy atom. The minimum atomic E-state index is -0.713. The summed E-state index contributed by atoms with van der Waals surface area (Å²) in [4.78, 5) is 32.2. The van der Waals surface area contributed by atoms with Crippen molar-refractivity contribution in [2.24, 2.45) is 11.7 Å². The average Bonchev–Trinajstić information content (AvgIpc) is 2.72. The lowest BCUT2D eigenvalue weighted by Gasteiger charge is -2.38. The monoisotopic (exact) mass is 433 g/mol. The number of aromatic amines is 1. The second-order valence-electron chi connectivity index (χ2n) is 9.57. The summed E-state index contributed by atoms with van der Waals surface area (Å²) in [5.74, 6) is 0.432. The lowest BCUT2D eigenvalue weighted by molar-refractivity contribution is 0.0997. The van der Waals surface area contributed by atoms with Crippen molar-refractivity contribution in [2.45, 2.75) is 63.2 Å². The average molecular weight is 434 g/mol. The zero-order chi connectivity index (χ0) is 22.4. The molecule has 3 atom stereocenters. The largest absolute Gasteiger partial charge is 0.364 e. The van der Waals surface area contributed by atoms with Crippen LogP contribution < -0.4 is 11.2 Å². The van der Waals surface area contributed by atoms with E-state index in [0.717, 1.165) is 43.4 Å². The molecule has 166 valence electrons. The summed E-state index contributed by atoms with van der Waals surface area (Å²) in [7, 11) is 0. The number of carbonyl (C=O) groups is 1. The molecular formula is C26H28FN3O2. The van der Waals surface area contributed by atoms with E-state index in [2.05, 4.69) is 16.9 Å². The third kappa shape index (κ3) is 3.61. The quantitative estimate of drug-likeness (QED) is 0.599. The smallest absolute Gasteiger partial charge is 0.268 e. The van der Waals surface area contributed by atoms with Crippen molar-refractivity contribution in [2.75, 3.05) is 0 Å². The predicted octanol–water partition coefficient (Wildman–Crippen LogP) is 5.12. The van der Waals surface area contributed by atoms with Gasteiger partial charge in [-0.3, -0.25) is 14.6 Å². The molecule has 0 spiro atoms. The van der Waals surface area contributed by atoms with Gasteiger partial charge < -0.3 is 10.7 Å². The number of amides is 1. The fraction of sp³-hybridized carbons (Fsp3) is 0.423. The number of halogens is 1. The Morgan fingerprint density at radius 1 is 1.09 bits per heavy atom. The molecular weight excluding hydrogens is 405 g/mol. The second kappa shape index (κ2) is 8.15. The highest BCUT2D eigenvalue weighted by atomic mass is 19.1. The van der Waals surface area contributed by atoms with Gasteiger partial charge in [0.05, 0.1) is 10.9 Å². The minimum Gasteiger partial charge on any atom is -0.364 e. The first-order valence-corrected chi connectivity index (χ1v) is 11.5. The number of carbonyl (C=O) groups excluding carboxylic acids is 1. The van der Waals surface area contributed by atoms with E-state index in [4.69, 9.17) is 5.73 Å². The molecule has 0 bridgehead atoms. The number of nitrogens with one attached hydrogen (secondary N) is 1. The van der Waals surface area contributed by atoms with Crippen LogP contribution in [0.3, 0.4) is 0 Å². The first-order valence-electron chi connectivity index (χ1n) is 11.5. The first-order chi connectivity index (χ1) is 15.4. The van der Waals surface area contributed by atoms with Gasteiger partial charge in [0.1, 0.15) is 11.5 Å². The molecule has 6 heteroatoms. The number of pyridine rings is 2. The number of hydrogen-bond donors (Lipinski definition) is 2. The number of hydrogen-bond acceptors (Lipinski definition) is 3. The van der Waals surface area contributed by atoms with E-state index in [-0.39, 0.29) is 34.2 Å². The van der Waals surface area contributed by atoms with Gasteiger partial charge in [-0.15, -0.1) is 0 Å². The van der Waals surface area contributed by atoms with Crippen LogP contribution in [0, 0.1) is 11.7 Å². The zero-order valence-electron chi connectivity index (χ0n) is 18.2. The molecule has 2 saturated carbocycles. The Kier molecular flexibility index (Phi) is 5.31. The summed E-state index contributed by atoms with van der Waals surface area (Å²) < 4.78 is 14.2. The van der Waals surface area contributed by atoms with Gasteiger partial charge in [-0.1, -0.05) is 25.8 Å². The van der Waals surface area contributed by atoms with Crippen molar-refractivity contribution in [3.63, 3.8) is 0 Å². The number of nitrogens with zero attached hydrogens (tertiary/aromatic N) is 1. The van der Waals surface area contributed by atoms with E-state index in [1.54, 1.807) is 24.3 Å². The molecule has 5 rings (SSSR count). The van der Waals surface area contributed by atoms with E-state index in [1.807, 2.05) is 6.07 Å². The second-order valence-corrected chi connectivity index (χ2v) is 9.57. The summed E-state index contributed by atoms with van der Waals surface area (Å²) in [6.45, 7) is 2.27. The predicted molar refractivity (Wildman–Crippen MR) is 122 cm³/mol. The maximum Gasteiger partial charge on any atom is 0.268 e. The molecule has 0 saturated heterocycles. The molecule has 3 N–H and O–H groups in total. The maximum absolute atomic E-state index is 14.2. The van der Waals surface area contributed by atoms with Gasteiger partial charge in [-0.25, -0.2) is 4.39 Å². The van der Waals surface area contributed by atoms with Gasteiger partial charge in [0.25, 0.3) is 5.91 Å². The summed E-state index contributed by atoms with van der Waals surface area (Å²) in [6.07, 6.45) is 7.93. The number of aromatic nitrogens is 2. The van der Waals surface area contributed by atoms with Crippen molar-refractivity contribution in [3.8, 4) is 0 Å².